The summed E-state index contributed by atoms with van der Waals surface area (Å²) in [5.74, 6) is -0.478. The number of hydrogen-bond acceptors (Lipinski definition) is 0. The van der Waals surface area contributed by atoms with Gasteiger partial charge in [-0.25, -0.2) is 13.2 Å². The summed E-state index contributed by atoms with van der Waals surface area (Å²) < 4.78 is 41.5. The lowest BCUT2D eigenvalue weighted by atomic mass is 9.78. The predicted octanol–water partition coefficient (Wildman–Crippen LogP) is 8.10. The van der Waals surface area contributed by atoms with Gasteiger partial charge in [0.25, 0.3) is 0 Å². The molecule has 0 heterocycles. The van der Waals surface area contributed by atoms with Gasteiger partial charge in [-0.3, -0.25) is 0 Å². The average molecular weight is 399 g/mol. The summed E-state index contributed by atoms with van der Waals surface area (Å²) in [4.78, 5) is 0. The molecular weight excluding hydrogens is 369 g/mol. The maximum Gasteiger partial charge on any atom is 0.159 e. The minimum absolute atomic E-state index is 0.340. The second kappa shape index (κ2) is 8.77. The summed E-state index contributed by atoms with van der Waals surface area (Å²) in [6.07, 6.45) is 13.1. The standard InChI is InChI=1S/C26H29F3/c1-2-17-3-5-18(6-4-17)7-8-19-9-10-20-14-23(25(28)16-22(20)13-19)21-11-12-24(27)26(29)15-21/h11-18H,2-10H2,1H3. The monoisotopic (exact) mass is 398 g/mol. The molecule has 0 radical (unpaired) electrons. The molecule has 4 rings (SSSR count). The van der Waals surface area contributed by atoms with Crippen molar-refractivity contribution in [2.75, 3.05) is 0 Å². The Labute approximate surface area is 171 Å². The van der Waals surface area contributed by atoms with Gasteiger partial charge in [0.1, 0.15) is 5.82 Å². The van der Waals surface area contributed by atoms with Gasteiger partial charge in [-0.05, 0) is 78.5 Å². The van der Waals surface area contributed by atoms with Gasteiger partial charge in [0.05, 0.1) is 0 Å². The number of halogens is 3. The quantitative estimate of drug-likeness (QED) is 0.477. The van der Waals surface area contributed by atoms with Crippen molar-refractivity contribution < 1.29 is 13.2 Å². The number of aryl methyl sites for hydroxylation is 1. The molecule has 2 aromatic rings. The van der Waals surface area contributed by atoms with Gasteiger partial charge in [-0.15, -0.1) is 0 Å². The molecule has 0 aromatic heterocycles. The van der Waals surface area contributed by atoms with Crippen molar-refractivity contribution in [2.45, 2.75) is 64.7 Å². The highest BCUT2D eigenvalue weighted by Crippen LogP contribution is 2.36. The van der Waals surface area contributed by atoms with Crippen LogP contribution < -0.4 is 0 Å². The fourth-order valence-electron chi connectivity index (χ4n) is 4.97. The summed E-state index contributed by atoms with van der Waals surface area (Å²) in [6, 6.07) is 6.90. The van der Waals surface area contributed by atoms with Gasteiger partial charge in [-0.1, -0.05) is 56.7 Å². The molecule has 29 heavy (non-hydrogen) atoms. The molecule has 2 aromatic carbocycles. The first-order valence-corrected chi connectivity index (χ1v) is 11.0. The third kappa shape index (κ3) is 4.60. The molecule has 3 heteroatoms. The molecule has 0 aliphatic heterocycles. The predicted molar refractivity (Wildman–Crippen MR) is 113 cm³/mol. The maximum atomic E-state index is 14.7. The minimum atomic E-state index is -0.949. The molecule has 2 aliphatic rings. The van der Waals surface area contributed by atoms with Gasteiger partial charge in [0.2, 0.25) is 0 Å². The molecule has 0 amide bonds. The van der Waals surface area contributed by atoms with E-state index in [1.54, 1.807) is 12.1 Å². The normalized spacial score (nSPS) is 21.6. The highest BCUT2D eigenvalue weighted by Gasteiger charge is 2.21. The van der Waals surface area contributed by atoms with Crippen molar-refractivity contribution in [1.82, 2.24) is 0 Å². The molecule has 0 bridgehead atoms. The zero-order valence-electron chi connectivity index (χ0n) is 17.1. The second-order valence-corrected chi connectivity index (χ2v) is 8.80. The largest absolute Gasteiger partial charge is 0.206 e. The topological polar surface area (TPSA) is 0 Å². The van der Waals surface area contributed by atoms with E-state index in [2.05, 4.69) is 13.0 Å². The summed E-state index contributed by atoms with van der Waals surface area (Å²) in [6.45, 7) is 2.30. The van der Waals surface area contributed by atoms with E-state index in [-0.39, 0.29) is 5.82 Å². The lowest BCUT2D eigenvalue weighted by molar-refractivity contribution is 0.258. The average Bonchev–Trinajstić information content (AvgIpc) is 2.74. The van der Waals surface area contributed by atoms with Crippen molar-refractivity contribution >= 4 is 6.08 Å². The molecule has 0 unspecified atom stereocenters. The number of hydrogen-bond donors (Lipinski definition) is 0. The SMILES string of the molecule is CCC1CCC(CCC2=Cc3cc(F)c(-c4ccc(F)c(F)c4)cc3CC2)CC1. The Morgan fingerprint density at radius 2 is 1.59 bits per heavy atom. The Hall–Kier alpha value is -2.03. The van der Waals surface area contributed by atoms with Crippen molar-refractivity contribution in [3.63, 3.8) is 0 Å². The summed E-state index contributed by atoms with van der Waals surface area (Å²) in [5, 5.41) is 0. The highest BCUT2D eigenvalue weighted by molar-refractivity contribution is 5.70. The van der Waals surface area contributed by atoms with E-state index in [4.69, 9.17) is 0 Å². The molecular formula is C26H29F3. The first kappa shape index (κ1) is 20.3. The molecule has 2 aliphatic carbocycles. The van der Waals surface area contributed by atoms with Crippen LogP contribution in [0.3, 0.4) is 0 Å². The van der Waals surface area contributed by atoms with Crippen molar-refractivity contribution in [3.05, 3.63) is 64.5 Å². The van der Waals surface area contributed by atoms with Gasteiger partial charge in [0.15, 0.2) is 11.6 Å². The molecule has 1 fully saturated rings. The Kier molecular flexibility index (Phi) is 6.12. The van der Waals surface area contributed by atoms with Crippen LogP contribution in [0, 0.1) is 29.3 Å². The molecule has 0 nitrogen and oxygen atoms in total. The van der Waals surface area contributed by atoms with Crippen molar-refractivity contribution in [2.24, 2.45) is 11.8 Å². The summed E-state index contributed by atoms with van der Waals surface area (Å²) in [5.41, 5.74) is 4.15. The zero-order valence-corrected chi connectivity index (χ0v) is 17.1. The summed E-state index contributed by atoms with van der Waals surface area (Å²) in [7, 11) is 0. The highest BCUT2D eigenvalue weighted by atomic mass is 19.2. The van der Waals surface area contributed by atoms with Crippen LogP contribution in [-0.4, -0.2) is 0 Å². The van der Waals surface area contributed by atoms with Crippen LogP contribution in [0.2, 0.25) is 0 Å². The van der Waals surface area contributed by atoms with Crippen molar-refractivity contribution in [1.29, 1.82) is 0 Å². The van der Waals surface area contributed by atoms with Gasteiger partial charge in [-0.2, -0.15) is 0 Å². The van der Waals surface area contributed by atoms with Crippen LogP contribution in [-0.2, 0) is 6.42 Å². The van der Waals surface area contributed by atoms with Crippen LogP contribution in [0.25, 0.3) is 17.2 Å². The molecule has 0 N–H and O–H groups in total. The molecule has 0 atom stereocenters. The fourth-order valence-corrected chi connectivity index (χ4v) is 4.97. The minimum Gasteiger partial charge on any atom is -0.206 e. The smallest absolute Gasteiger partial charge is 0.159 e. The Bertz CT molecular complexity index is 904. The second-order valence-electron chi connectivity index (χ2n) is 8.80. The van der Waals surface area contributed by atoms with Gasteiger partial charge >= 0.3 is 0 Å². The Balaban J connectivity index is 1.46. The lowest BCUT2D eigenvalue weighted by Crippen LogP contribution is -2.14. The molecule has 154 valence electrons. The van der Waals surface area contributed by atoms with Crippen LogP contribution >= 0.6 is 0 Å². The van der Waals surface area contributed by atoms with E-state index in [1.165, 1.54) is 50.2 Å². The first-order valence-electron chi connectivity index (χ1n) is 11.0. The van der Waals surface area contributed by atoms with Crippen LogP contribution in [0.1, 0.15) is 69.4 Å². The van der Waals surface area contributed by atoms with E-state index >= 15 is 0 Å². The lowest BCUT2D eigenvalue weighted by Gasteiger charge is -2.28. The van der Waals surface area contributed by atoms with Gasteiger partial charge < -0.3 is 0 Å². The number of benzene rings is 2. The van der Waals surface area contributed by atoms with Crippen LogP contribution in [0.15, 0.2) is 35.9 Å². The van der Waals surface area contributed by atoms with Gasteiger partial charge in [0, 0.05) is 5.56 Å². The Morgan fingerprint density at radius 1 is 0.828 bits per heavy atom. The van der Waals surface area contributed by atoms with E-state index in [1.807, 2.05) is 0 Å². The van der Waals surface area contributed by atoms with E-state index in [0.29, 0.717) is 11.1 Å². The zero-order chi connectivity index (χ0) is 20.4. The fraction of sp³-hybridized carbons (Fsp3) is 0.462. The summed E-state index contributed by atoms with van der Waals surface area (Å²) >= 11 is 0. The number of rotatable bonds is 5. The maximum absolute atomic E-state index is 14.7. The third-order valence-corrected chi connectivity index (χ3v) is 6.95. The number of allylic oxidation sites excluding steroid dienone is 1. The first-order chi connectivity index (χ1) is 14.0. The van der Waals surface area contributed by atoms with Crippen LogP contribution in [0.5, 0.6) is 0 Å². The third-order valence-electron chi connectivity index (χ3n) is 6.95. The molecule has 0 saturated heterocycles. The molecule has 1 saturated carbocycles. The number of fused-ring (bicyclic) bond motifs is 1. The van der Waals surface area contributed by atoms with E-state index in [9.17, 15) is 13.2 Å². The van der Waals surface area contributed by atoms with E-state index in [0.717, 1.165) is 54.4 Å². The Morgan fingerprint density at radius 3 is 2.31 bits per heavy atom. The molecule has 0 spiro atoms. The van der Waals surface area contributed by atoms with Crippen molar-refractivity contribution in [3.8, 4) is 11.1 Å². The van der Waals surface area contributed by atoms with Crippen LogP contribution in [0.4, 0.5) is 13.2 Å². The van der Waals surface area contributed by atoms with E-state index < -0.39 is 11.6 Å².